The number of benzene rings is 1. The SMILES string of the molecule is CNC(CCC1CCCO1)CSc1ccccc1F. The van der Waals surface area contributed by atoms with Crippen LogP contribution in [0.4, 0.5) is 4.39 Å². The van der Waals surface area contributed by atoms with E-state index in [9.17, 15) is 4.39 Å². The first kappa shape index (κ1) is 14.8. The first-order valence-electron chi connectivity index (χ1n) is 6.96. The van der Waals surface area contributed by atoms with Crippen LogP contribution in [0.2, 0.25) is 0 Å². The van der Waals surface area contributed by atoms with E-state index in [-0.39, 0.29) is 5.82 Å². The van der Waals surface area contributed by atoms with Gasteiger partial charge in [0.2, 0.25) is 0 Å². The maximum Gasteiger partial charge on any atom is 0.136 e. The Morgan fingerprint density at radius 2 is 2.32 bits per heavy atom. The number of rotatable bonds is 7. The number of halogens is 1. The van der Waals surface area contributed by atoms with Gasteiger partial charge in [0, 0.05) is 23.3 Å². The third-order valence-corrected chi connectivity index (χ3v) is 4.76. The lowest BCUT2D eigenvalue weighted by atomic mass is 10.1. The number of ether oxygens (including phenoxy) is 1. The van der Waals surface area contributed by atoms with Crippen molar-refractivity contribution in [3.05, 3.63) is 30.1 Å². The zero-order chi connectivity index (χ0) is 13.5. The molecule has 1 fully saturated rings. The van der Waals surface area contributed by atoms with E-state index in [1.807, 2.05) is 19.2 Å². The molecule has 1 heterocycles. The van der Waals surface area contributed by atoms with E-state index in [2.05, 4.69) is 5.32 Å². The Hall–Kier alpha value is -0.580. The third kappa shape index (κ3) is 4.79. The van der Waals surface area contributed by atoms with Crippen molar-refractivity contribution < 1.29 is 9.13 Å². The summed E-state index contributed by atoms with van der Waals surface area (Å²) in [6.45, 7) is 0.916. The van der Waals surface area contributed by atoms with Crippen LogP contribution in [-0.2, 0) is 4.74 Å². The lowest BCUT2D eigenvalue weighted by molar-refractivity contribution is 0.100. The summed E-state index contributed by atoms with van der Waals surface area (Å²) in [7, 11) is 1.97. The minimum atomic E-state index is -0.124. The molecule has 0 amide bonds. The molecule has 1 aromatic rings. The molecule has 19 heavy (non-hydrogen) atoms. The molecule has 106 valence electrons. The fourth-order valence-electron chi connectivity index (χ4n) is 2.32. The van der Waals surface area contributed by atoms with Gasteiger partial charge in [-0.05, 0) is 44.9 Å². The van der Waals surface area contributed by atoms with Crippen LogP contribution in [0.1, 0.15) is 25.7 Å². The molecule has 1 aliphatic heterocycles. The topological polar surface area (TPSA) is 21.3 Å². The van der Waals surface area contributed by atoms with Crippen LogP contribution in [0.5, 0.6) is 0 Å². The Labute approximate surface area is 119 Å². The van der Waals surface area contributed by atoms with Crippen LogP contribution < -0.4 is 5.32 Å². The second-order valence-corrected chi connectivity index (χ2v) is 6.00. The third-order valence-electron chi connectivity index (χ3n) is 3.55. The van der Waals surface area contributed by atoms with Gasteiger partial charge in [0.15, 0.2) is 0 Å². The van der Waals surface area contributed by atoms with Crippen molar-refractivity contribution in [2.45, 2.75) is 42.7 Å². The van der Waals surface area contributed by atoms with E-state index in [0.29, 0.717) is 12.1 Å². The molecule has 2 nitrogen and oxygen atoms in total. The first-order chi connectivity index (χ1) is 9.29. The molecule has 1 aliphatic rings. The molecule has 0 aliphatic carbocycles. The van der Waals surface area contributed by atoms with Crippen molar-refractivity contribution in [3.8, 4) is 0 Å². The summed E-state index contributed by atoms with van der Waals surface area (Å²) in [5.74, 6) is 0.769. The molecule has 0 spiro atoms. The van der Waals surface area contributed by atoms with E-state index in [0.717, 1.165) is 30.1 Å². The second-order valence-electron chi connectivity index (χ2n) is 4.94. The van der Waals surface area contributed by atoms with Gasteiger partial charge in [0.05, 0.1) is 6.10 Å². The lowest BCUT2D eigenvalue weighted by Gasteiger charge is -2.18. The molecule has 0 saturated carbocycles. The molecular weight excluding hydrogens is 261 g/mol. The molecule has 2 atom stereocenters. The van der Waals surface area contributed by atoms with E-state index in [4.69, 9.17) is 4.74 Å². The van der Waals surface area contributed by atoms with Gasteiger partial charge in [-0.2, -0.15) is 0 Å². The molecular formula is C15H22FNOS. The summed E-state index contributed by atoms with van der Waals surface area (Å²) < 4.78 is 19.1. The minimum Gasteiger partial charge on any atom is -0.378 e. The van der Waals surface area contributed by atoms with Gasteiger partial charge in [0.25, 0.3) is 0 Å². The largest absolute Gasteiger partial charge is 0.378 e. The predicted molar refractivity (Wildman–Crippen MR) is 78.2 cm³/mol. The molecule has 1 saturated heterocycles. The fourth-order valence-corrected chi connectivity index (χ4v) is 3.42. The number of hydrogen-bond donors (Lipinski definition) is 1. The van der Waals surface area contributed by atoms with Crippen LogP contribution in [0, 0.1) is 5.82 Å². The smallest absolute Gasteiger partial charge is 0.136 e. The highest BCUT2D eigenvalue weighted by Gasteiger charge is 2.17. The van der Waals surface area contributed by atoms with Crippen molar-refractivity contribution in [2.24, 2.45) is 0 Å². The molecule has 2 unspecified atom stereocenters. The zero-order valence-corrected chi connectivity index (χ0v) is 12.2. The minimum absolute atomic E-state index is 0.124. The Bertz CT molecular complexity index is 382. The van der Waals surface area contributed by atoms with Crippen molar-refractivity contribution in [3.63, 3.8) is 0 Å². The summed E-state index contributed by atoms with van der Waals surface area (Å²) in [5, 5.41) is 3.32. The number of hydrogen-bond acceptors (Lipinski definition) is 3. The van der Waals surface area contributed by atoms with Crippen molar-refractivity contribution in [1.29, 1.82) is 0 Å². The lowest BCUT2D eigenvalue weighted by Crippen LogP contribution is -2.29. The summed E-state index contributed by atoms with van der Waals surface area (Å²) in [6, 6.07) is 7.38. The van der Waals surface area contributed by atoms with Crippen LogP contribution in [-0.4, -0.2) is 31.6 Å². The average molecular weight is 283 g/mol. The van der Waals surface area contributed by atoms with Gasteiger partial charge in [-0.15, -0.1) is 11.8 Å². The van der Waals surface area contributed by atoms with E-state index in [1.54, 1.807) is 17.8 Å². The van der Waals surface area contributed by atoms with Gasteiger partial charge < -0.3 is 10.1 Å². The highest BCUT2D eigenvalue weighted by atomic mass is 32.2. The molecule has 1 N–H and O–H groups in total. The normalized spacial score (nSPS) is 20.6. The maximum atomic E-state index is 13.5. The zero-order valence-electron chi connectivity index (χ0n) is 11.4. The van der Waals surface area contributed by atoms with E-state index >= 15 is 0 Å². The summed E-state index contributed by atoms with van der Waals surface area (Å²) in [6.07, 6.45) is 5.01. The Morgan fingerprint density at radius 1 is 1.47 bits per heavy atom. The molecule has 4 heteroatoms. The highest BCUT2D eigenvalue weighted by molar-refractivity contribution is 7.99. The predicted octanol–water partition coefficient (Wildman–Crippen LogP) is 3.47. The standard InChI is InChI=1S/C15H22FNOS/c1-17-12(8-9-13-5-4-10-18-13)11-19-15-7-3-2-6-14(15)16/h2-3,6-7,12-13,17H,4-5,8-11H2,1H3. The Balaban J connectivity index is 1.74. The van der Waals surface area contributed by atoms with Crippen molar-refractivity contribution in [1.82, 2.24) is 5.32 Å². The van der Waals surface area contributed by atoms with Gasteiger partial charge in [-0.1, -0.05) is 12.1 Å². The monoisotopic (exact) mass is 283 g/mol. The van der Waals surface area contributed by atoms with Crippen LogP contribution >= 0.6 is 11.8 Å². The van der Waals surface area contributed by atoms with Gasteiger partial charge in [-0.3, -0.25) is 0 Å². The van der Waals surface area contributed by atoms with Gasteiger partial charge in [0.1, 0.15) is 5.82 Å². The van der Waals surface area contributed by atoms with E-state index in [1.165, 1.54) is 18.9 Å². The molecule has 1 aromatic carbocycles. The maximum absolute atomic E-state index is 13.5. The van der Waals surface area contributed by atoms with Crippen molar-refractivity contribution in [2.75, 3.05) is 19.4 Å². The first-order valence-corrected chi connectivity index (χ1v) is 7.94. The van der Waals surface area contributed by atoms with Crippen LogP contribution in [0.25, 0.3) is 0 Å². The van der Waals surface area contributed by atoms with Crippen LogP contribution in [0.3, 0.4) is 0 Å². The molecule has 0 aromatic heterocycles. The number of thioether (sulfide) groups is 1. The molecule has 0 radical (unpaired) electrons. The fraction of sp³-hybridized carbons (Fsp3) is 0.600. The van der Waals surface area contributed by atoms with E-state index < -0.39 is 0 Å². The Kier molecular flexibility index (Phi) is 6.14. The van der Waals surface area contributed by atoms with Crippen LogP contribution in [0.15, 0.2) is 29.2 Å². The summed E-state index contributed by atoms with van der Waals surface area (Å²) >= 11 is 1.58. The average Bonchev–Trinajstić information content (AvgIpc) is 2.94. The second kappa shape index (κ2) is 7.88. The summed E-state index contributed by atoms with van der Waals surface area (Å²) in [4.78, 5) is 0.736. The molecule has 2 rings (SSSR count). The van der Waals surface area contributed by atoms with Gasteiger partial charge >= 0.3 is 0 Å². The van der Waals surface area contributed by atoms with Gasteiger partial charge in [-0.25, -0.2) is 4.39 Å². The highest BCUT2D eigenvalue weighted by Crippen LogP contribution is 2.24. The van der Waals surface area contributed by atoms with Crippen molar-refractivity contribution >= 4 is 11.8 Å². The summed E-state index contributed by atoms with van der Waals surface area (Å²) in [5.41, 5.74) is 0. The number of nitrogens with one attached hydrogen (secondary N) is 1. The Morgan fingerprint density at radius 3 is 3.00 bits per heavy atom. The quantitative estimate of drug-likeness (QED) is 0.774. The molecule has 0 bridgehead atoms.